The van der Waals surface area contributed by atoms with E-state index in [9.17, 15) is 0 Å². The summed E-state index contributed by atoms with van der Waals surface area (Å²) in [6.45, 7) is 4.65. The molecule has 2 heterocycles. The molecule has 0 bridgehead atoms. The molecule has 1 unspecified atom stereocenters. The maximum Gasteiger partial charge on any atom is 0.0603 e. The van der Waals surface area contributed by atoms with Crippen LogP contribution in [0, 0.1) is 0 Å². The summed E-state index contributed by atoms with van der Waals surface area (Å²) in [5.74, 6) is 0. The van der Waals surface area contributed by atoms with Crippen molar-refractivity contribution in [3.63, 3.8) is 0 Å². The van der Waals surface area contributed by atoms with Gasteiger partial charge in [-0.15, -0.1) is 11.3 Å². The van der Waals surface area contributed by atoms with Crippen LogP contribution < -0.4 is 10.2 Å². The number of anilines is 2. The van der Waals surface area contributed by atoms with Gasteiger partial charge in [0.15, 0.2) is 0 Å². The molecule has 3 heteroatoms. The third kappa shape index (κ3) is 3.59. The average molecular weight is 300 g/mol. The fourth-order valence-electron chi connectivity index (χ4n) is 2.99. The number of nitrogens with zero attached hydrogens (tertiary/aromatic N) is 1. The molecule has 1 fully saturated rings. The second-order valence-corrected chi connectivity index (χ2v) is 6.69. The zero-order valence-corrected chi connectivity index (χ0v) is 13.5. The molecular formula is C18H24N2S. The third-order valence-electron chi connectivity index (χ3n) is 4.22. The van der Waals surface area contributed by atoms with Crippen LogP contribution >= 0.6 is 11.3 Å². The molecule has 0 spiro atoms. The smallest absolute Gasteiger partial charge is 0.0603 e. The van der Waals surface area contributed by atoms with Crippen LogP contribution in [0.25, 0.3) is 0 Å². The number of rotatable bonds is 5. The van der Waals surface area contributed by atoms with Crippen LogP contribution in [0.5, 0.6) is 0 Å². The van der Waals surface area contributed by atoms with Crippen molar-refractivity contribution < 1.29 is 0 Å². The number of thiophene rings is 1. The highest BCUT2D eigenvalue weighted by molar-refractivity contribution is 7.10. The number of piperidine rings is 1. The topological polar surface area (TPSA) is 15.3 Å². The quantitative estimate of drug-likeness (QED) is 0.806. The number of hydrogen-bond donors (Lipinski definition) is 1. The fourth-order valence-corrected chi connectivity index (χ4v) is 3.85. The minimum absolute atomic E-state index is 0.422. The van der Waals surface area contributed by atoms with Gasteiger partial charge < -0.3 is 10.2 Å². The van der Waals surface area contributed by atoms with E-state index in [4.69, 9.17) is 0 Å². The average Bonchev–Trinajstić information content (AvgIpc) is 3.08. The lowest BCUT2D eigenvalue weighted by atomic mass is 10.1. The van der Waals surface area contributed by atoms with Crippen molar-refractivity contribution in [2.24, 2.45) is 0 Å². The second-order valence-electron chi connectivity index (χ2n) is 5.72. The van der Waals surface area contributed by atoms with Crippen molar-refractivity contribution in [2.75, 3.05) is 23.3 Å². The number of nitrogens with one attached hydrogen (secondary N) is 1. The van der Waals surface area contributed by atoms with Crippen molar-refractivity contribution in [2.45, 2.75) is 38.6 Å². The fraction of sp³-hybridized carbons (Fsp3) is 0.444. The molecule has 1 aromatic carbocycles. The SMILES string of the molecule is CCC(Nc1ccc(N2CCCCC2)cc1)c1cccs1. The summed E-state index contributed by atoms with van der Waals surface area (Å²) in [5, 5.41) is 5.81. The van der Waals surface area contributed by atoms with E-state index in [0.29, 0.717) is 6.04 Å². The van der Waals surface area contributed by atoms with Crippen molar-refractivity contribution in [1.29, 1.82) is 0 Å². The molecule has 1 aliphatic heterocycles. The summed E-state index contributed by atoms with van der Waals surface area (Å²) < 4.78 is 0. The van der Waals surface area contributed by atoms with Gasteiger partial charge >= 0.3 is 0 Å². The van der Waals surface area contributed by atoms with Crippen LogP contribution in [0.2, 0.25) is 0 Å². The van der Waals surface area contributed by atoms with Crippen molar-refractivity contribution in [1.82, 2.24) is 0 Å². The van der Waals surface area contributed by atoms with E-state index in [2.05, 4.69) is 58.9 Å². The van der Waals surface area contributed by atoms with Crippen LogP contribution in [-0.4, -0.2) is 13.1 Å². The van der Waals surface area contributed by atoms with E-state index >= 15 is 0 Å². The molecule has 1 N–H and O–H groups in total. The Morgan fingerprint density at radius 3 is 2.48 bits per heavy atom. The Kier molecular flexibility index (Phi) is 4.81. The number of benzene rings is 1. The molecule has 1 atom stereocenters. The normalized spacial score (nSPS) is 16.7. The first kappa shape index (κ1) is 14.5. The maximum atomic E-state index is 3.65. The molecule has 112 valence electrons. The van der Waals surface area contributed by atoms with Crippen molar-refractivity contribution in [3.8, 4) is 0 Å². The minimum Gasteiger partial charge on any atom is -0.377 e. The van der Waals surface area contributed by atoms with E-state index in [1.54, 1.807) is 0 Å². The highest BCUT2D eigenvalue weighted by Gasteiger charge is 2.12. The molecule has 0 saturated carbocycles. The molecule has 1 aliphatic rings. The lowest BCUT2D eigenvalue weighted by molar-refractivity contribution is 0.578. The first-order valence-corrected chi connectivity index (χ1v) is 8.89. The molecule has 1 saturated heterocycles. The van der Waals surface area contributed by atoms with Gasteiger partial charge in [0, 0.05) is 29.3 Å². The molecule has 2 nitrogen and oxygen atoms in total. The summed E-state index contributed by atoms with van der Waals surface area (Å²) in [6, 6.07) is 13.7. The Hall–Kier alpha value is -1.48. The van der Waals surface area contributed by atoms with Crippen LogP contribution in [0.15, 0.2) is 41.8 Å². The van der Waals surface area contributed by atoms with Gasteiger partial charge in [-0.1, -0.05) is 13.0 Å². The zero-order chi connectivity index (χ0) is 14.5. The van der Waals surface area contributed by atoms with Gasteiger partial charge in [0.25, 0.3) is 0 Å². The Morgan fingerprint density at radius 2 is 1.86 bits per heavy atom. The Labute approximate surface area is 131 Å². The molecule has 2 aromatic rings. The van der Waals surface area contributed by atoms with E-state index in [0.717, 1.165) is 6.42 Å². The van der Waals surface area contributed by atoms with Gasteiger partial charge in [-0.2, -0.15) is 0 Å². The van der Waals surface area contributed by atoms with Crippen LogP contribution in [0.1, 0.15) is 43.5 Å². The molecule has 3 rings (SSSR count). The third-order valence-corrected chi connectivity index (χ3v) is 5.21. The van der Waals surface area contributed by atoms with E-state index in [1.165, 1.54) is 48.6 Å². The minimum atomic E-state index is 0.422. The monoisotopic (exact) mass is 300 g/mol. The van der Waals surface area contributed by atoms with Crippen molar-refractivity contribution >= 4 is 22.7 Å². The van der Waals surface area contributed by atoms with Gasteiger partial charge in [-0.25, -0.2) is 0 Å². The molecule has 0 amide bonds. The van der Waals surface area contributed by atoms with Crippen LogP contribution in [0.3, 0.4) is 0 Å². The van der Waals surface area contributed by atoms with Crippen molar-refractivity contribution in [3.05, 3.63) is 46.7 Å². The number of hydrogen-bond acceptors (Lipinski definition) is 3. The van der Waals surface area contributed by atoms with Gasteiger partial charge in [0.2, 0.25) is 0 Å². The molecule has 1 aromatic heterocycles. The summed E-state index contributed by atoms with van der Waals surface area (Å²) >= 11 is 1.83. The Morgan fingerprint density at radius 1 is 1.10 bits per heavy atom. The van der Waals surface area contributed by atoms with E-state index in [1.807, 2.05) is 11.3 Å². The largest absolute Gasteiger partial charge is 0.377 e. The Bertz CT molecular complexity index is 527. The van der Waals surface area contributed by atoms with E-state index in [-0.39, 0.29) is 0 Å². The first-order chi connectivity index (χ1) is 10.4. The zero-order valence-electron chi connectivity index (χ0n) is 12.7. The summed E-state index contributed by atoms with van der Waals surface area (Å²) in [4.78, 5) is 3.92. The van der Waals surface area contributed by atoms with Gasteiger partial charge in [0.05, 0.1) is 6.04 Å². The second kappa shape index (κ2) is 6.99. The molecule has 0 radical (unpaired) electrons. The molecule has 0 aliphatic carbocycles. The molecular weight excluding hydrogens is 276 g/mol. The summed E-state index contributed by atoms with van der Waals surface area (Å²) in [6.07, 6.45) is 5.15. The first-order valence-electron chi connectivity index (χ1n) is 8.02. The summed E-state index contributed by atoms with van der Waals surface area (Å²) in [7, 11) is 0. The van der Waals surface area contributed by atoms with Gasteiger partial charge in [0.1, 0.15) is 0 Å². The van der Waals surface area contributed by atoms with E-state index < -0.39 is 0 Å². The van der Waals surface area contributed by atoms with Crippen LogP contribution in [0.4, 0.5) is 11.4 Å². The summed E-state index contributed by atoms with van der Waals surface area (Å²) in [5.41, 5.74) is 2.58. The van der Waals surface area contributed by atoms with Crippen LogP contribution in [-0.2, 0) is 0 Å². The molecule has 21 heavy (non-hydrogen) atoms. The maximum absolute atomic E-state index is 3.65. The highest BCUT2D eigenvalue weighted by Crippen LogP contribution is 2.28. The predicted molar refractivity (Wildman–Crippen MR) is 93.5 cm³/mol. The lowest BCUT2D eigenvalue weighted by Gasteiger charge is -2.29. The van der Waals surface area contributed by atoms with Gasteiger partial charge in [-0.3, -0.25) is 0 Å². The van der Waals surface area contributed by atoms with Gasteiger partial charge in [-0.05, 0) is 61.4 Å². The lowest BCUT2D eigenvalue weighted by Crippen LogP contribution is -2.29. The Balaban J connectivity index is 1.66. The predicted octanol–water partition coefficient (Wildman–Crippen LogP) is 5.30. The standard InChI is InChI=1S/C18H24N2S/c1-2-17(18-7-6-14-21-18)19-15-8-10-16(11-9-15)20-12-4-3-5-13-20/h6-11,14,17,19H,2-5,12-13H2,1H3. The highest BCUT2D eigenvalue weighted by atomic mass is 32.1.